The predicted molar refractivity (Wildman–Crippen MR) is 106 cm³/mol. The number of piperidine rings is 1. The first kappa shape index (κ1) is 19.4. The van der Waals surface area contributed by atoms with Gasteiger partial charge in [-0.05, 0) is 44.7 Å². The monoisotopic (exact) mass is 397 g/mol. The lowest BCUT2D eigenvalue weighted by molar-refractivity contribution is -0.155. The summed E-state index contributed by atoms with van der Waals surface area (Å²) < 4.78 is 7.32. The first-order valence-corrected chi connectivity index (χ1v) is 10.3. The first-order chi connectivity index (χ1) is 14.1. The molecule has 2 aliphatic rings. The highest BCUT2D eigenvalue weighted by atomic mass is 16.5. The van der Waals surface area contributed by atoms with Crippen molar-refractivity contribution in [1.82, 2.24) is 24.8 Å². The van der Waals surface area contributed by atoms with E-state index < -0.39 is 6.10 Å². The molecule has 0 radical (unpaired) electrons. The number of rotatable bonds is 4. The number of urea groups is 1. The van der Waals surface area contributed by atoms with Crippen LogP contribution in [0.3, 0.4) is 0 Å². The van der Waals surface area contributed by atoms with Crippen LogP contribution in [-0.4, -0.2) is 63.0 Å². The van der Waals surface area contributed by atoms with E-state index in [4.69, 9.17) is 4.74 Å². The van der Waals surface area contributed by atoms with Crippen LogP contribution in [0.15, 0.2) is 36.5 Å². The van der Waals surface area contributed by atoms with E-state index in [1.54, 1.807) is 10.9 Å². The molecular formula is C21H27N5O3. The molecule has 0 saturated carbocycles. The third-order valence-corrected chi connectivity index (χ3v) is 5.72. The number of nitrogens with zero attached hydrogens (tertiary/aromatic N) is 5. The normalized spacial score (nSPS) is 18.7. The second-order valence-electron chi connectivity index (χ2n) is 7.74. The quantitative estimate of drug-likeness (QED) is 0.741. The minimum absolute atomic E-state index is 0.111. The van der Waals surface area contributed by atoms with Crippen LogP contribution in [0.25, 0.3) is 5.69 Å². The van der Waals surface area contributed by atoms with Gasteiger partial charge in [0.1, 0.15) is 11.8 Å². The van der Waals surface area contributed by atoms with Crippen molar-refractivity contribution >= 4 is 12.0 Å². The summed E-state index contributed by atoms with van der Waals surface area (Å²) in [4.78, 5) is 28.9. The molecule has 2 fully saturated rings. The summed E-state index contributed by atoms with van der Waals surface area (Å²) in [5.74, 6) is -0.399. The number of hydrogen-bond donors (Lipinski definition) is 0. The minimum atomic E-state index is -0.468. The Balaban J connectivity index is 1.28. The largest absolute Gasteiger partial charge is 0.456 e. The molecule has 29 heavy (non-hydrogen) atoms. The third-order valence-electron chi connectivity index (χ3n) is 5.72. The van der Waals surface area contributed by atoms with E-state index in [9.17, 15) is 9.59 Å². The first-order valence-electron chi connectivity index (χ1n) is 10.3. The molecule has 2 saturated heterocycles. The number of carbonyl (C=O) groups is 2. The fourth-order valence-electron chi connectivity index (χ4n) is 3.92. The summed E-state index contributed by atoms with van der Waals surface area (Å²) in [5.41, 5.74) is 1.52. The standard InChI is InChI=1S/C21H27N5O3/c1-16(19-15-26(23-22-19)18-7-3-2-4-8-18)29-20(27)17-9-13-25(14-10-17)21(28)24-11-5-6-12-24/h2-4,7-8,15-17H,5-6,9-14H2,1H3. The van der Waals surface area contributed by atoms with Crippen molar-refractivity contribution in [3.63, 3.8) is 0 Å². The summed E-state index contributed by atoms with van der Waals surface area (Å²) in [7, 11) is 0. The molecule has 4 rings (SSSR count). The third kappa shape index (κ3) is 4.41. The van der Waals surface area contributed by atoms with Gasteiger partial charge in [0.15, 0.2) is 0 Å². The highest BCUT2D eigenvalue weighted by Crippen LogP contribution is 2.24. The van der Waals surface area contributed by atoms with Crippen LogP contribution in [0.5, 0.6) is 0 Å². The Kier molecular flexibility index (Phi) is 5.78. The molecule has 1 unspecified atom stereocenters. The maximum absolute atomic E-state index is 12.6. The number of carbonyl (C=O) groups excluding carboxylic acids is 2. The lowest BCUT2D eigenvalue weighted by Gasteiger charge is -2.33. The van der Waals surface area contributed by atoms with Gasteiger partial charge in [0, 0.05) is 26.2 Å². The maximum atomic E-state index is 12.6. The zero-order valence-electron chi connectivity index (χ0n) is 16.7. The van der Waals surface area contributed by atoms with Gasteiger partial charge in [-0.3, -0.25) is 4.79 Å². The van der Waals surface area contributed by atoms with Gasteiger partial charge in [-0.15, -0.1) is 5.10 Å². The van der Waals surface area contributed by atoms with E-state index in [2.05, 4.69) is 10.3 Å². The predicted octanol–water partition coefficient (Wildman–Crippen LogP) is 2.80. The molecule has 3 heterocycles. The topological polar surface area (TPSA) is 80.6 Å². The molecule has 2 aromatic rings. The van der Waals surface area contributed by atoms with Gasteiger partial charge in [0.2, 0.25) is 0 Å². The Morgan fingerprint density at radius 2 is 1.69 bits per heavy atom. The van der Waals surface area contributed by atoms with Crippen molar-refractivity contribution in [3.8, 4) is 5.69 Å². The highest BCUT2D eigenvalue weighted by Gasteiger charge is 2.32. The van der Waals surface area contributed by atoms with Crippen molar-refractivity contribution < 1.29 is 14.3 Å². The van der Waals surface area contributed by atoms with Gasteiger partial charge < -0.3 is 14.5 Å². The molecule has 154 valence electrons. The van der Waals surface area contributed by atoms with E-state index in [1.165, 1.54) is 0 Å². The van der Waals surface area contributed by atoms with Crippen molar-refractivity contribution in [2.45, 2.75) is 38.7 Å². The second-order valence-corrected chi connectivity index (χ2v) is 7.74. The number of hydrogen-bond acceptors (Lipinski definition) is 5. The van der Waals surface area contributed by atoms with Crippen molar-refractivity contribution in [2.24, 2.45) is 5.92 Å². The Morgan fingerprint density at radius 1 is 1.03 bits per heavy atom. The molecule has 2 aliphatic heterocycles. The number of esters is 1. The zero-order valence-corrected chi connectivity index (χ0v) is 16.7. The zero-order chi connectivity index (χ0) is 20.2. The van der Waals surface area contributed by atoms with E-state index in [0.29, 0.717) is 31.6 Å². The van der Waals surface area contributed by atoms with Crippen LogP contribution in [0.4, 0.5) is 4.79 Å². The average molecular weight is 397 g/mol. The molecular weight excluding hydrogens is 370 g/mol. The highest BCUT2D eigenvalue weighted by molar-refractivity contribution is 5.76. The van der Waals surface area contributed by atoms with Gasteiger partial charge in [0.25, 0.3) is 0 Å². The number of ether oxygens (including phenoxy) is 1. The van der Waals surface area contributed by atoms with Gasteiger partial charge in [-0.25, -0.2) is 9.48 Å². The lowest BCUT2D eigenvalue weighted by Crippen LogP contribution is -2.46. The second kappa shape index (κ2) is 8.63. The Bertz CT molecular complexity index is 839. The number of amides is 2. The Morgan fingerprint density at radius 3 is 2.38 bits per heavy atom. The van der Waals surface area contributed by atoms with Crippen LogP contribution in [0, 0.1) is 5.92 Å². The van der Waals surface area contributed by atoms with Crippen molar-refractivity contribution in [1.29, 1.82) is 0 Å². The van der Waals surface area contributed by atoms with E-state index in [1.807, 2.05) is 47.1 Å². The van der Waals surface area contributed by atoms with Gasteiger partial charge in [-0.1, -0.05) is 23.4 Å². The van der Waals surface area contributed by atoms with E-state index >= 15 is 0 Å². The Hall–Kier alpha value is -2.90. The summed E-state index contributed by atoms with van der Waals surface area (Å²) in [6.07, 6.45) is 4.76. The lowest BCUT2D eigenvalue weighted by atomic mass is 9.97. The Labute approximate surface area is 170 Å². The number of benzene rings is 1. The smallest absolute Gasteiger partial charge is 0.319 e. The average Bonchev–Trinajstić information content (AvgIpc) is 3.46. The molecule has 2 amide bonds. The maximum Gasteiger partial charge on any atom is 0.319 e. The molecule has 0 bridgehead atoms. The molecule has 8 heteroatoms. The number of aromatic nitrogens is 3. The molecule has 0 aliphatic carbocycles. The molecule has 0 spiro atoms. The van der Waals surface area contributed by atoms with Gasteiger partial charge >= 0.3 is 12.0 Å². The van der Waals surface area contributed by atoms with Crippen LogP contribution in [0.1, 0.15) is 44.4 Å². The summed E-state index contributed by atoms with van der Waals surface area (Å²) in [6, 6.07) is 9.79. The van der Waals surface area contributed by atoms with Crippen molar-refractivity contribution in [2.75, 3.05) is 26.2 Å². The molecule has 1 aromatic carbocycles. The molecule has 1 aromatic heterocycles. The van der Waals surface area contributed by atoms with E-state index in [0.717, 1.165) is 31.6 Å². The number of para-hydroxylation sites is 1. The van der Waals surface area contributed by atoms with Gasteiger partial charge in [-0.2, -0.15) is 0 Å². The SMILES string of the molecule is CC(OC(=O)C1CCN(C(=O)N2CCCC2)CC1)c1cn(-c2ccccc2)nn1. The fourth-order valence-corrected chi connectivity index (χ4v) is 3.92. The van der Waals surface area contributed by atoms with Crippen LogP contribution in [0.2, 0.25) is 0 Å². The summed E-state index contributed by atoms with van der Waals surface area (Å²) in [5, 5.41) is 8.27. The van der Waals surface area contributed by atoms with Crippen LogP contribution < -0.4 is 0 Å². The van der Waals surface area contributed by atoms with Gasteiger partial charge in [0.05, 0.1) is 17.8 Å². The summed E-state index contributed by atoms with van der Waals surface area (Å²) in [6.45, 7) is 4.72. The van der Waals surface area contributed by atoms with Crippen LogP contribution >= 0.6 is 0 Å². The summed E-state index contributed by atoms with van der Waals surface area (Å²) >= 11 is 0. The van der Waals surface area contributed by atoms with Crippen LogP contribution in [-0.2, 0) is 9.53 Å². The molecule has 1 atom stereocenters. The molecule has 0 N–H and O–H groups in total. The van der Waals surface area contributed by atoms with E-state index in [-0.39, 0.29) is 17.9 Å². The fraction of sp³-hybridized carbons (Fsp3) is 0.524. The number of likely N-dealkylation sites (tertiary alicyclic amines) is 2. The van der Waals surface area contributed by atoms with Crippen molar-refractivity contribution in [3.05, 3.63) is 42.2 Å². The molecule has 8 nitrogen and oxygen atoms in total. The minimum Gasteiger partial charge on any atom is -0.456 e.